The molecule has 19 heavy (non-hydrogen) atoms. The van der Waals surface area contributed by atoms with E-state index in [1.165, 1.54) is 32.1 Å². The summed E-state index contributed by atoms with van der Waals surface area (Å²) in [5.41, 5.74) is 0.146. The molecule has 4 saturated carbocycles. The van der Waals surface area contributed by atoms with Crippen molar-refractivity contribution in [2.45, 2.75) is 63.7 Å². The normalized spacial score (nSPS) is 45.2. The van der Waals surface area contributed by atoms with Gasteiger partial charge in [-0.1, -0.05) is 6.92 Å². The predicted octanol–water partition coefficient (Wildman–Crippen LogP) is 4.15. The molecule has 0 aliphatic heterocycles. The molecule has 2 nitrogen and oxygen atoms in total. The van der Waals surface area contributed by atoms with Crippen LogP contribution in [0.15, 0.2) is 0 Å². The summed E-state index contributed by atoms with van der Waals surface area (Å²) in [5.74, 6) is 1.59. The number of alkyl halides is 1. The fourth-order valence-corrected chi connectivity index (χ4v) is 6.42. The fourth-order valence-electron chi connectivity index (χ4n) is 5.72. The van der Waals surface area contributed by atoms with Crippen LogP contribution in [0.3, 0.4) is 0 Å². The van der Waals surface area contributed by atoms with Crippen LogP contribution in [0.5, 0.6) is 0 Å². The summed E-state index contributed by atoms with van der Waals surface area (Å²) in [4.78, 5) is 12.3. The Labute approximate surface area is 121 Å². The molecule has 0 amide bonds. The maximum Gasteiger partial charge on any atom is 0.309 e. The van der Waals surface area contributed by atoms with Gasteiger partial charge in [-0.05, 0) is 69.1 Å². The monoisotopic (exact) mass is 284 g/mol. The van der Waals surface area contributed by atoms with Gasteiger partial charge in [0.05, 0.1) is 12.5 Å². The zero-order chi connectivity index (χ0) is 13.7. The Morgan fingerprint density at radius 3 is 2.37 bits per heavy atom. The first kappa shape index (κ1) is 13.7. The lowest BCUT2D eigenvalue weighted by Crippen LogP contribution is -2.57. The van der Waals surface area contributed by atoms with Crippen molar-refractivity contribution in [3.8, 4) is 0 Å². The van der Waals surface area contributed by atoms with Gasteiger partial charge in [0.1, 0.15) is 0 Å². The van der Waals surface area contributed by atoms with Gasteiger partial charge >= 0.3 is 5.97 Å². The molecule has 3 heteroatoms. The Hall–Kier alpha value is -0.240. The van der Waals surface area contributed by atoms with E-state index >= 15 is 0 Å². The highest BCUT2D eigenvalue weighted by Gasteiger charge is 2.60. The molecule has 108 valence electrons. The van der Waals surface area contributed by atoms with Gasteiger partial charge in [0, 0.05) is 4.87 Å². The average Bonchev–Trinajstić information content (AvgIpc) is 2.25. The molecule has 4 aliphatic rings. The van der Waals surface area contributed by atoms with E-state index < -0.39 is 0 Å². The summed E-state index contributed by atoms with van der Waals surface area (Å²) >= 11 is 6.85. The summed E-state index contributed by atoms with van der Waals surface area (Å²) in [6.45, 7) is 4.51. The molecule has 3 unspecified atom stereocenters. The van der Waals surface area contributed by atoms with Gasteiger partial charge in [-0.3, -0.25) is 4.79 Å². The molecule has 3 atom stereocenters. The van der Waals surface area contributed by atoms with Gasteiger partial charge in [0.2, 0.25) is 0 Å². The quantitative estimate of drug-likeness (QED) is 0.572. The molecule has 0 heterocycles. The summed E-state index contributed by atoms with van der Waals surface area (Å²) in [5, 5.41) is 0. The standard InChI is InChI=1S/C16H25ClO2/c1-3-13(14(18)19-4-2)15-6-11-5-12(7-15)9-16(17,8-11)10-15/h11-13H,3-10H2,1-2H3. The van der Waals surface area contributed by atoms with Crippen molar-refractivity contribution in [2.24, 2.45) is 23.2 Å². The van der Waals surface area contributed by atoms with E-state index in [-0.39, 0.29) is 22.2 Å². The first-order chi connectivity index (χ1) is 9.00. The molecule has 0 aromatic rings. The third-order valence-corrected chi connectivity index (χ3v) is 6.20. The van der Waals surface area contributed by atoms with Gasteiger partial charge in [0.15, 0.2) is 0 Å². The molecule has 4 bridgehead atoms. The second-order valence-electron chi connectivity index (χ2n) is 7.19. The van der Waals surface area contributed by atoms with Gasteiger partial charge in [-0.25, -0.2) is 0 Å². The van der Waals surface area contributed by atoms with Crippen molar-refractivity contribution >= 4 is 17.6 Å². The van der Waals surface area contributed by atoms with Crippen LogP contribution >= 0.6 is 11.6 Å². The molecule has 0 N–H and O–H groups in total. The van der Waals surface area contributed by atoms with Crippen molar-refractivity contribution in [1.82, 2.24) is 0 Å². The molecule has 4 rings (SSSR count). The molecule has 4 aliphatic carbocycles. The Bertz CT molecular complexity index is 365. The van der Waals surface area contributed by atoms with Crippen LogP contribution in [-0.4, -0.2) is 17.5 Å². The summed E-state index contributed by atoms with van der Waals surface area (Å²) in [6, 6.07) is 0. The Morgan fingerprint density at radius 1 is 1.26 bits per heavy atom. The smallest absolute Gasteiger partial charge is 0.309 e. The Balaban J connectivity index is 1.87. The number of hydrogen-bond acceptors (Lipinski definition) is 2. The zero-order valence-electron chi connectivity index (χ0n) is 12.1. The molecular weight excluding hydrogens is 260 g/mol. The topological polar surface area (TPSA) is 26.3 Å². The molecule has 0 saturated heterocycles. The first-order valence-corrected chi connectivity index (χ1v) is 8.23. The number of esters is 1. The van der Waals surface area contributed by atoms with Crippen LogP contribution in [0.2, 0.25) is 0 Å². The Morgan fingerprint density at radius 2 is 1.89 bits per heavy atom. The van der Waals surface area contributed by atoms with E-state index in [1.807, 2.05) is 6.92 Å². The number of rotatable bonds is 4. The summed E-state index contributed by atoms with van der Waals surface area (Å²) in [6.07, 6.45) is 8.02. The molecular formula is C16H25ClO2. The van der Waals surface area contributed by atoms with Crippen LogP contribution in [0, 0.1) is 23.2 Å². The molecule has 0 spiro atoms. The molecule has 0 aromatic heterocycles. The van der Waals surface area contributed by atoms with Crippen LogP contribution in [0.25, 0.3) is 0 Å². The van der Waals surface area contributed by atoms with Gasteiger partial charge in [0.25, 0.3) is 0 Å². The van der Waals surface area contributed by atoms with Gasteiger partial charge in [-0.15, -0.1) is 11.6 Å². The summed E-state index contributed by atoms with van der Waals surface area (Å²) < 4.78 is 5.34. The van der Waals surface area contributed by atoms with E-state index in [0.717, 1.165) is 24.7 Å². The van der Waals surface area contributed by atoms with Crippen LogP contribution < -0.4 is 0 Å². The van der Waals surface area contributed by atoms with Crippen molar-refractivity contribution < 1.29 is 9.53 Å². The van der Waals surface area contributed by atoms with Crippen LogP contribution in [0.4, 0.5) is 0 Å². The minimum Gasteiger partial charge on any atom is -0.466 e. The number of halogens is 1. The van der Waals surface area contributed by atoms with Gasteiger partial charge in [-0.2, -0.15) is 0 Å². The zero-order valence-corrected chi connectivity index (χ0v) is 12.8. The van der Waals surface area contributed by atoms with Crippen molar-refractivity contribution in [3.05, 3.63) is 0 Å². The average molecular weight is 285 g/mol. The molecule has 4 fully saturated rings. The summed E-state index contributed by atoms with van der Waals surface area (Å²) in [7, 11) is 0. The van der Waals surface area contributed by atoms with Gasteiger partial charge < -0.3 is 4.74 Å². The highest BCUT2D eigenvalue weighted by Crippen LogP contribution is 2.66. The van der Waals surface area contributed by atoms with E-state index in [2.05, 4.69) is 6.92 Å². The third-order valence-electron chi connectivity index (χ3n) is 5.75. The van der Waals surface area contributed by atoms with E-state index in [1.54, 1.807) is 0 Å². The predicted molar refractivity (Wildman–Crippen MR) is 76.1 cm³/mol. The van der Waals surface area contributed by atoms with Crippen molar-refractivity contribution in [1.29, 1.82) is 0 Å². The largest absolute Gasteiger partial charge is 0.466 e. The number of carbonyl (C=O) groups excluding carboxylic acids is 1. The molecule has 0 aromatic carbocycles. The minimum atomic E-state index is -0.00992. The SMILES string of the molecule is CCOC(=O)C(CC)C12CC3CC(CC(Cl)(C3)C1)C2. The Kier molecular flexibility index (Phi) is 3.36. The lowest BCUT2D eigenvalue weighted by atomic mass is 9.46. The van der Waals surface area contributed by atoms with Crippen molar-refractivity contribution in [2.75, 3.05) is 6.61 Å². The number of carbonyl (C=O) groups is 1. The maximum atomic E-state index is 12.3. The second kappa shape index (κ2) is 4.65. The van der Waals surface area contributed by atoms with Crippen molar-refractivity contribution in [3.63, 3.8) is 0 Å². The van der Waals surface area contributed by atoms with Crippen LogP contribution in [-0.2, 0) is 9.53 Å². The molecule has 0 radical (unpaired) electrons. The lowest BCUT2D eigenvalue weighted by molar-refractivity contribution is -0.162. The first-order valence-electron chi connectivity index (χ1n) is 7.86. The number of ether oxygens (including phenoxy) is 1. The minimum absolute atomic E-state index is 0.00992. The second-order valence-corrected chi connectivity index (χ2v) is 7.99. The van der Waals surface area contributed by atoms with E-state index in [9.17, 15) is 4.79 Å². The highest BCUT2D eigenvalue weighted by atomic mass is 35.5. The fraction of sp³-hybridized carbons (Fsp3) is 0.938. The maximum absolute atomic E-state index is 12.3. The van der Waals surface area contributed by atoms with E-state index in [4.69, 9.17) is 16.3 Å². The number of hydrogen-bond donors (Lipinski definition) is 0. The van der Waals surface area contributed by atoms with E-state index in [0.29, 0.717) is 6.61 Å². The van der Waals surface area contributed by atoms with Crippen LogP contribution in [0.1, 0.15) is 58.8 Å². The highest BCUT2D eigenvalue weighted by molar-refractivity contribution is 6.24. The third kappa shape index (κ3) is 2.20. The lowest BCUT2D eigenvalue weighted by Gasteiger charge is -2.61.